The van der Waals surface area contributed by atoms with E-state index >= 15 is 0 Å². The minimum Gasteiger partial charge on any atom is -0.299 e. The Morgan fingerprint density at radius 1 is 1.60 bits per heavy atom. The maximum Gasteiger partial charge on any atom is 0.183 e. The van der Waals surface area contributed by atoms with Crippen LogP contribution in [-0.2, 0) is 0 Å². The molecule has 0 aliphatic carbocycles. The van der Waals surface area contributed by atoms with Crippen molar-refractivity contribution in [1.82, 2.24) is 10.2 Å². The van der Waals surface area contributed by atoms with E-state index < -0.39 is 0 Å². The summed E-state index contributed by atoms with van der Waals surface area (Å²) in [5.74, 6) is 0. The molecule has 0 aromatic heterocycles. The molecule has 1 aliphatic rings. The molecule has 0 aromatic carbocycles. The largest absolute Gasteiger partial charge is 0.299 e. The first-order valence-corrected chi connectivity index (χ1v) is 6.48. The summed E-state index contributed by atoms with van der Waals surface area (Å²) in [4.78, 5) is 6.83. The Bertz CT molecular complexity index is 253. The number of likely N-dealkylation sites (tertiary alicyclic amines) is 1. The monoisotopic (exact) mass is 226 g/mol. The molecular formula is C10H18N4S. The number of nitriles is 1. The second kappa shape index (κ2) is 6.70. The van der Waals surface area contributed by atoms with Crippen LogP contribution in [-0.4, -0.2) is 42.0 Å². The Balaban J connectivity index is 2.36. The summed E-state index contributed by atoms with van der Waals surface area (Å²) in [7, 11) is 0. The molecule has 0 amide bonds. The van der Waals surface area contributed by atoms with Gasteiger partial charge < -0.3 is 0 Å². The fourth-order valence-corrected chi connectivity index (χ4v) is 2.07. The predicted molar refractivity (Wildman–Crippen MR) is 64.8 cm³/mol. The third-order valence-corrected chi connectivity index (χ3v) is 3.24. The summed E-state index contributed by atoms with van der Waals surface area (Å²) in [6.45, 7) is 5.35. The van der Waals surface area contributed by atoms with Crippen molar-refractivity contribution in [2.24, 2.45) is 4.99 Å². The van der Waals surface area contributed by atoms with Crippen LogP contribution in [0.3, 0.4) is 0 Å². The van der Waals surface area contributed by atoms with Gasteiger partial charge in [-0.2, -0.15) is 5.26 Å². The van der Waals surface area contributed by atoms with Crippen LogP contribution in [0.2, 0.25) is 0 Å². The number of aliphatic imine (C=N–C) groups is 1. The first kappa shape index (κ1) is 12.3. The van der Waals surface area contributed by atoms with Crippen LogP contribution in [0.15, 0.2) is 4.99 Å². The van der Waals surface area contributed by atoms with E-state index in [2.05, 4.69) is 22.1 Å². The van der Waals surface area contributed by atoms with Crippen molar-refractivity contribution in [2.45, 2.75) is 25.8 Å². The highest BCUT2D eigenvalue weighted by Crippen LogP contribution is 2.11. The van der Waals surface area contributed by atoms with Crippen molar-refractivity contribution < 1.29 is 0 Å². The van der Waals surface area contributed by atoms with E-state index in [4.69, 9.17) is 5.26 Å². The van der Waals surface area contributed by atoms with E-state index in [-0.39, 0.29) is 0 Å². The maximum atomic E-state index is 8.48. The highest BCUT2D eigenvalue weighted by Gasteiger charge is 2.17. The molecule has 0 saturated carbocycles. The first-order chi connectivity index (χ1) is 7.27. The van der Waals surface area contributed by atoms with E-state index in [1.165, 1.54) is 37.7 Å². The zero-order valence-corrected chi connectivity index (χ0v) is 10.2. The van der Waals surface area contributed by atoms with Gasteiger partial charge in [-0.25, -0.2) is 0 Å². The van der Waals surface area contributed by atoms with Crippen molar-refractivity contribution in [1.29, 1.82) is 5.26 Å². The molecule has 0 spiro atoms. The van der Waals surface area contributed by atoms with Crippen LogP contribution >= 0.6 is 11.8 Å². The number of rotatable bonds is 3. The Kier molecular flexibility index (Phi) is 5.51. The zero-order chi connectivity index (χ0) is 11.1. The van der Waals surface area contributed by atoms with Gasteiger partial charge in [0.05, 0.1) is 6.54 Å². The van der Waals surface area contributed by atoms with Gasteiger partial charge in [0.25, 0.3) is 0 Å². The third-order valence-electron chi connectivity index (χ3n) is 2.62. The van der Waals surface area contributed by atoms with Crippen LogP contribution in [0.1, 0.15) is 19.8 Å². The van der Waals surface area contributed by atoms with Gasteiger partial charge in [-0.3, -0.25) is 15.2 Å². The summed E-state index contributed by atoms with van der Waals surface area (Å²) in [5.41, 5.74) is 0. The minimum atomic E-state index is 0.482. The second-order valence-corrected chi connectivity index (χ2v) is 4.47. The van der Waals surface area contributed by atoms with Gasteiger partial charge in [0.1, 0.15) is 0 Å². The third kappa shape index (κ3) is 4.10. The van der Waals surface area contributed by atoms with E-state index in [0.29, 0.717) is 11.2 Å². The topological polar surface area (TPSA) is 51.4 Å². The van der Waals surface area contributed by atoms with Crippen molar-refractivity contribution in [2.75, 3.05) is 25.9 Å². The second-order valence-electron chi connectivity index (χ2n) is 3.68. The molecule has 1 N–H and O–H groups in total. The van der Waals surface area contributed by atoms with E-state index in [1.807, 2.05) is 12.4 Å². The van der Waals surface area contributed by atoms with Gasteiger partial charge in [0.2, 0.25) is 0 Å². The normalized spacial score (nSPS) is 19.9. The Hall–Kier alpha value is -0.730. The number of nitrogens with zero attached hydrogens (tertiary/aromatic N) is 3. The number of nitrogens with one attached hydrogen (secondary N) is 1. The average Bonchev–Trinajstić information content (AvgIpc) is 2.77. The molecule has 4 nitrogen and oxygen atoms in total. The molecule has 1 atom stereocenters. The molecule has 1 aliphatic heterocycles. The van der Waals surface area contributed by atoms with Crippen LogP contribution < -0.4 is 5.32 Å². The van der Waals surface area contributed by atoms with E-state index in [9.17, 15) is 0 Å². The lowest BCUT2D eigenvalue weighted by Gasteiger charge is -2.21. The quantitative estimate of drug-likeness (QED) is 0.341. The van der Waals surface area contributed by atoms with Crippen LogP contribution in [0.25, 0.3) is 0 Å². The predicted octanol–water partition coefficient (Wildman–Crippen LogP) is 1.26. The number of hydrogen-bond donors (Lipinski definition) is 1. The Morgan fingerprint density at radius 3 is 2.80 bits per heavy atom. The lowest BCUT2D eigenvalue weighted by Crippen LogP contribution is -2.33. The Labute approximate surface area is 95.7 Å². The highest BCUT2D eigenvalue weighted by molar-refractivity contribution is 8.13. The summed E-state index contributed by atoms with van der Waals surface area (Å²) in [6.07, 6.45) is 6.43. The van der Waals surface area contributed by atoms with Crippen LogP contribution in [0.4, 0.5) is 0 Å². The van der Waals surface area contributed by atoms with Crippen molar-refractivity contribution >= 4 is 16.9 Å². The lowest BCUT2D eigenvalue weighted by atomic mass is 10.3. The smallest absolute Gasteiger partial charge is 0.183 e. The van der Waals surface area contributed by atoms with Gasteiger partial charge >= 0.3 is 0 Å². The fraction of sp³-hybridized carbons (Fsp3) is 0.800. The zero-order valence-electron chi connectivity index (χ0n) is 9.36. The molecule has 1 fully saturated rings. The SMILES string of the molecule is CSC(=NCC(C)N1CCCC1)NC#N. The minimum absolute atomic E-state index is 0.482. The summed E-state index contributed by atoms with van der Waals surface area (Å²) in [5, 5.41) is 11.8. The highest BCUT2D eigenvalue weighted by atomic mass is 32.2. The van der Waals surface area contributed by atoms with Gasteiger partial charge in [-0.15, -0.1) is 0 Å². The van der Waals surface area contributed by atoms with E-state index in [1.54, 1.807) is 0 Å². The number of thioether (sulfide) groups is 1. The van der Waals surface area contributed by atoms with Crippen LogP contribution in [0, 0.1) is 11.5 Å². The molecule has 84 valence electrons. The molecule has 1 heterocycles. The molecule has 1 rings (SSSR count). The van der Waals surface area contributed by atoms with Gasteiger partial charge in [0, 0.05) is 6.04 Å². The number of hydrogen-bond acceptors (Lipinski definition) is 4. The molecule has 5 heteroatoms. The van der Waals surface area contributed by atoms with Crippen molar-refractivity contribution in [3.63, 3.8) is 0 Å². The molecular weight excluding hydrogens is 208 g/mol. The average molecular weight is 226 g/mol. The molecule has 0 radical (unpaired) electrons. The fourth-order valence-electron chi connectivity index (χ4n) is 1.72. The van der Waals surface area contributed by atoms with Gasteiger partial charge in [0.15, 0.2) is 11.4 Å². The van der Waals surface area contributed by atoms with Gasteiger partial charge in [-0.1, -0.05) is 11.8 Å². The summed E-state index contributed by atoms with van der Waals surface area (Å²) in [6, 6.07) is 0.482. The molecule has 15 heavy (non-hydrogen) atoms. The maximum absolute atomic E-state index is 8.48. The molecule has 1 saturated heterocycles. The number of amidine groups is 1. The van der Waals surface area contributed by atoms with Crippen LogP contribution in [0.5, 0.6) is 0 Å². The molecule has 0 bridgehead atoms. The lowest BCUT2D eigenvalue weighted by molar-refractivity contribution is 0.265. The van der Waals surface area contributed by atoms with Crippen molar-refractivity contribution in [3.8, 4) is 6.19 Å². The van der Waals surface area contributed by atoms with Crippen molar-refractivity contribution in [3.05, 3.63) is 0 Å². The standard InChI is InChI=1S/C10H18N4S/c1-9(14-5-3-4-6-14)7-12-10(15-2)13-8-11/h9H,3-7H2,1-2H3,(H,12,13). The summed E-state index contributed by atoms with van der Waals surface area (Å²) < 4.78 is 0. The summed E-state index contributed by atoms with van der Waals surface area (Å²) >= 11 is 1.48. The molecule has 1 unspecified atom stereocenters. The Morgan fingerprint density at radius 2 is 2.27 bits per heavy atom. The molecule has 0 aromatic rings. The first-order valence-electron chi connectivity index (χ1n) is 5.25. The van der Waals surface area contributed by atoms with E-state index in [0.717, 1.165) is 6.54 Å². The van der Waals surface area contributed by atoms with Gasteiger partial charge in [-0.05, 0) is 39.1 Å².